The molecule has 2 radical (unpaired) electrons. The van der Waals surface area contributed by atoms with Gasteiger partial charge in [0.05, 0.1) is 23.5 Å². The Kier molecular flexibility index (Phi) is 33.6. The average Bonchev–Trinajstić information content (AvgIpc) is 2.16. The Morgan fingerprint density at radius 2 is 0.667 bits per heavy atom. The Balaban J connectivity index is -0.0000000375. The Labute approximate surface area is 154 Å². The average molecular weight is 448 g/mol. The molecule has 124 valence electrons. The molecule has 0 N–H and O–H groups in total. The molecule has 21 heavy (non-hydrogen) atoms. The van der Waals surface area contributed by atoms with Gasteiger partial charge < -0.3 is 56.6 Å². The molecular formula is C3H9FeLiMnO12P3. The van der Waals surface area contributed by atoms with Crippen molar-refractivity contribution < 1.29 is 110 Å². The molecule has 0 rings (SSSR count). The normalized spacial score (nSPS) is 10.1. The van der Waals surface area contributed by atoms with Crippen molar-refractivity contribution in [3.8, 4) is 0 Å². The van der Waals surface area contributed by atoms with E-state index in [-0.39, 0.29) is 53.0 Å². The van der Waals surface area contributed by atoms with Gasteiger partial charge in [-0.2, -0.15) is 0 Å². The van der Waals surface area contributed by atoms with Gasteiger partial charge in [-0.3, -0.25) is 0 Å². The molecule has 0 aliphatic rings. The monoisotopic (exact) mass is 448 g/mol. The van der Waals surface area contributed by atoms with Crippen LogP contribution in [0, 0.1) is 0 Å². The van der Waals surface area contributed by atoms with Crippen LogP contribution in [0.3, 0.4) is 0 Å². The third kappa shape index (κ3) is 72.8. The number of phosphoric acid groups is 3. The first-order valence-corrected chi connectivity index (χ1v) is 7.80. The summed E-state index contributed by atoms with van der Waals surface area (Å²) < 4.78 is 37.9. The van der Waals surface area contributed by atoms with Gasteiger partial charge in [0.15, 0.2) is 0 Å². The molecule has 0 unspecified atom stereocenters. The van der Waals surface area contributed by atoms with Crippen molar-refractivity contribution in [2.75, 3.05) is 21.3 Å². The molecule has 0 aromatic heterocycles. The summed E-state index contributed by atoms with van der Waals surface area (Å²) in [5.74, 6) is 0. The van der Waals surface area contributed by atoms with E-state index in [0.29, 0.717) is 0 Å². The topological polar surface area (TPSA) is 217 Å². The molecule has 18 heteroatoms. The van der Waals surface area contributed by atoms with Crippen molar-refractivity contribution in [3.63, 3.8) is 0 Å². The van der Waals surface area contributed by atoms with E-state index in [1.165, 1.54) is 0 Å². The van der Waals surface area contributed by atoms with Gasteiger partial charge in [-0.25, -0.2) is 0 Å². The molecule has 0 aliphatic carbocycles. The van der Waals surface area contributed by atoms with Crippen LogP contribution in [0.25, 0.3) is 0 Å². The van der Waals surface area contributed by atoms with Gasteiger partial charge >= 0.3 is 53.0 Å². The van der Waals surface area contributed by atoms with E-state index in [0.717, 1.165) is 21.3 Å². The van der Waals surface area contributed by atoms with Crippen molar-refractivity contribution in [3.05, 3.63) is 0 Å². The predicted octanol–water partition coefficient (Wildman–Crippen LogP) is -7.62. The summed E-state index contributed by atoms with van der Waals surface area (Å²) in [4.78, 5) is 55.5. The van der Waals surface area contributed by atoms with Crippen LogP contribution in [-0.2, 0) is 61.4 Å². The van der Waals surface area contributed by atoms with Gasteiger partial charge in [-0.1, -0.05) is 0 Å². The molecule has 0 bridgehead atoms. The fourth-order valence-corrected chi connectivity index (χ4v) is 0. The molecule has 0 aromatic carbocycles. The van der Waals surface area contributed by atoms with Crippen LogP contribution < -0.4 is 48.2 Å². The van der Waals surface area contributed by atoms with Crippen molar-refractivity contribution in [2.24, 2.45) is 0 Å². The maximum absolute atomic E-state index is 9.25. The predicted molar refractivity (Wildman–Crippen MR) is 43.8 cm³/mol. The second kappa shape index (κ2) is 18.3. The molecule has 0 fully saturated rings. The van der Waals surface area contributed by atoms with Gasteiger partial charge in [-0.05, 0) is 0 Å². The molecule has 0 saturated heterocycles. The minimum Gasteiger partial charge on any atom is -0.790 e. The van der Waals surface area contributed by atoms with E-state index >= 15 is 0 Å². The van der Waals surface area contributed by atoms with Crippen LogP contribution in [0.2, 0.25) is 0 Å². The molecule has 0 saturated carbocycles. The largest absolute Gasteiger partial charge is 3.00 e. The maximum Gasteiger partial charge on any atom is 3.00 e. The second-order valence-corrected chi connectivity index (χ2v) is 5.67. The van der Waals surface area contributed by atoms with E-state index in [1.54, 1.807) is 0 Å². The summed E-state index contributed by atoms with van der Waals surface area (Å²) in [6.45, 7) is 0. The summed E-state index contributed by atoms with van der Waals surface area (Å²) >= 11 is 0. The van der Waals surface area contributed by atoms with Gasteiger partial charge in [0.25, 0.3) is 0 Å². The summed E-state index contributed by atoms with van der Waals surface area (Å²) in [6, 6.07) is 0. The third-order valence-electron chi connectivity index (χ3n) is 0.671. The van der Waals surface area contributed by atoms with Gasteiger partial charge in [-0.15, -0.1) is 0 Å². The molecule has 0 aliphatic heterocycles. The van der Waals surface area contributed by atoms with Crippen LogP contribution in [0.5, 0.6) is 0 Å². The first kappa shape index (κ1) is 38.5. The van der Waals surface area contributed by atoms with E-state index in [1.807, 2.05) is 0 Å². The van der Waals surface area contributed by atoms with E-state index in [4.69, 9.17) is 0 Å². The van der Waals surface area contributed by atoms with Crippen molar-refractivity contribution in [1.82, 2.24) is 0 Å². The van der Waals surface area contributed by atoms with Crippen LogP contribution in [0.1, 0.15) is 0 Å². The fraction of sp³-hybridized carbons (Fsp3) is 1.00. The zero-order valence-corrected chi connectivity index (χ0v) is 15.9. The second-order valence-electron chi connectivity index (χ2n) is 1.89. The molecule has 0 amide bonds. The first-order chi connectivity index (χ1) is 7.68. The molecule has 0 heterocycles. The smallest absolute Gasteiger partial charge is 0.790 e. The maximum atomic E-state index is 9.25. The van der Waals surface area contributed by atoms with Crippen LogP contribution >= 0.6 is 23.5 Å². The summed E-state index contributed by atoms with van der Waals surface area (Å²) in [5.41, 5.74) is 0. The minimum atomic E-state index is -4.65. The molecular weight excluding hydrogens is 439 g/mol. The number of phosphoric ester groups is 3. The first-order valence-electron chi connectivity index (χ1n) is 3.42. The van der Waals surface area contributed by atoms with E-state index in [2.05, 4.69) is 13.6 Å². The number of hydrogen-bond donors (Lipinski definition) is 0. The van der Waals surface area contributed by atoms with Crippen LogP contribution in [0.4, 0.5) is 0 Å². The Morgan fingerprint density at radius 1 is 0.619 bits per heavy atom. The zero-order chi connectivity index (χ0) is 15.6. The van der Waals surface area contributed by atoms with Crippen molar-refractivity contribution >= 4 is 23.5 Å². The van der Waals surface area contributed by atoms with Crippen LogP contribution in [0.15, 0.2) is 0 Å². The van der Waals surface area contributed by atoms with Gasteiger partial charge in [0.2, 0.25) is 0 Å². The van der Waals surface area contributed by atoms with Crippen molar-refractivity contribution in [1.29, 1.82) is 0 Å². The molecule has 0 aromatic rings. The van der Waals surface area contributed by atoms with E-state index in [9.17, 15) is 43.1 Å². The standard InChI is InChI=1S/3CH5O4P.Fe.Li.Mn/c3*1-5-6(2,3)4;;;/h3*1H3,(H2,2,3,4);;;/q;;;+3;+1;+2/p-6. The Hall–Kier alpha value is 1.97. The third-order valence-corrected chi connectivity index (χ3v) is 2.01. The molecule has 12 nitrogen and oxygen atoms in total. The minimum absolute atomic E-state index is 0. The van der Waals surface area contributed by atoms with E-state index < -0.39 is 23.5 Å². The zero-order valence-electron chi connectivity index (χ0n) is 11.0. The quantitative estimate of drug-likeness (QED) is 0.291. The summed E-state index contributed by atoms with van der Waals surface area (Å²) in [7, 11) is -11.5. The Morgan fingerprint density at radius 3 is 0.667 bits per heavy atom. The summed E-state index contributed by atoms with van der Waals surface area (Å²) in [6.07, 6.45) is 0. The summed E-state index contributed by atoms with van der Waals surface area (Å²) in [5, 5.41) is 0. The molecule has 0 atom stereocenters. The molecule has 0 spiro atoms. The van der Waals surface area contributed by atoms with Gasteiger partial charge in [0, 0.05) is 21.3 Å². The Bertz CT molecular complexity index is 284. The SMILES string of the molecule is COP(=O)([O-])[O-].COP(=O)([O-])[O-].COP(=O)([O-])[O-].[Fe+3].[Li+].[Mn+2]. The van der Waals surface area contributed by atoms with Gasteiger partial charge in [0.1, 0.15) is 0 Å². The number of hydrogen-bond acceptors (Lipinski definition) is 12. The number of rotatable bonds is 3. The van der Waals surface area contributed by atoms with Crippen molar-refractivity contribution in [2.45, 2.75) is 0 Å². The fourth-order valence-electron chi connectivity index (χ4n) is 0. The van der Waals surface area contributed by atoms with Crippen LogP contribution in [-0.4, -0.2) is 21.3 Å².